The second-order valence-corrected chi connectivity index (χ2v) is 4.96. The largest absolute Gasteiger partial charge is 0.494 e. The van der Waals surface area contributed by atoms with Crippen molar-refractivity contribution in [2.45, 2.75) is 19.9 Å². The molecule has 1 N–H and O–H groups in total. The van der Waals surface area contributed by atoms with Crippen molar-refractivity contribution in [3.05, 3.63) is 45.9 Å². The van der Waals surface area contributed by atoms with E-state index in [1.807, 2.05) is 26.1 Å². The number of hydrogen-bond acceptors (Lipinski definition) is 4. The van der Waals surface area contributed by atoms with Crippen LogP contribution in [0.25, 0.3) is 0 Å². The molecule has 0 aliphatic rings. The van der Waals surface area contributed by atoms with E-state index in [1.54, 1.807) is 11.3 Å². The first-order valence-electron chi connectivity index (χ1n) is 6.11. The minimum Gasteiger partial charge on any atom is -0.494 e. The molecule has 1 aromatic heterocycles. The van der Waals surface area contributed by atoms with Crippen molar-refractivity contribution in [2.24, 2.45) is 0 Å². The van der Waals surface area contributed by atoms with Crippen LogP contribution in [0.4, 0.5) is 0 Å². The molecule has 0 saturated carbocycles. The Balaban J connectivity index is 1.99. The van der Waals surface area contributed by atoms with E-state index < -0.39 is 0 Å². The SMILES string of the molecule is CCOc1ccc(Cc2nc(CNC)cs2)cc1. The van der Waals surface area contributed by atoms with E-state index in [0.29, 0.717) is 6.61 Å². The van der Waals surface area contributed by atoms with Crippen LogP contribution in [-0.2, 0) is 13.0 Å². The number of thiazole rings is 1. The van der Waals surface area contributed by atoms with E-state index in [0.717, 1.165) is 29.4 Å². The third-order valence-corrected chi connectivity index (χ3v) is 3.44. The van der Waals surface area contributed by atoms with Crippen molar-refractivity contribution in [3.8, 4) is 5.75 Å². The number of benzene rings is 1. The quantitative estimate of drug-likeness (QED) is 0.869. The molecule has 2 aromatic rings. The van der Waals surface area contributed by atoms with Gasteiger partial charge < -0.3 is 10.1 Å². The summed E-state index contributed by atoms with van der Waals surface area (Å²) in [6, 6.07) is 8.23. The Morgan fingerprint density at radius 1 is 1.28 bits per heavy atom. The van der Waals surface area contributed by atoms with Gasteiger partial charge in [-0.2, -0.15) is 0 Å². The van der Waals surface area contributed by atoms with Crippen LogP contribution >= 0.6 is 11.3 Å². The molecule has 0 spiro atoms. The van der Waals surface area contributed by atoms with Crippen LogP contribution in [0.2, 0.25) is 0 Å². The fraction of sp³-hybridized carbons (Fsp3) is 0.357. The summed E-state index contributed by atoms with van der Waals surface area (Å²) >= 11 is 1.72. The molecule has 96 valence electrons. The first-order chi connectivity index (χ1) is 8.81. The van der Waals surface area contributed by atoms with Gasteiger partial charge in [-0.15, -0.1) is 11.3 Å². The molecule has 0 atom stereocenters. The Morgan fingerprint density at radius 2 is 2.06 bits per heavy atom. The van der Waals surface area contributed by atoms with E-state index in [-0.39, 0.29) is 0 Å². The van der Waals surface area contributed by atoms with Crippen LogP contribution in [0, 0.1) is 0 Å². The average Bonchev–Trinajstić information content (AvgIpc) is 2.80. The van der Waals surface area contributed by atoms with E-state index in [2.05, 4.69) is 27.8 Å². The smallest absolute Gasteiger partial charge is 0.119 e. The van der Waals surface area contributed by atoms with Crippen LogP contribution in [-0.4, -0.2) is 18.6 Å². The van der Waals surface area contributed by atoms with Gasteiger partial charge in [0.25, 0.3) is 0 Å². The predicted octanol–water partition coefficient (Wildman–Crippen LogP) is 2.85. The monoisotopic (exact) mass is 262 g/mol. The molecule has 0 saturated heterocycles. The van der Waals surface area contributed by atoms with Gasteiger partial charge in [0, 0.05) is 18.3 Å². The van der Waals surface area contributed by atoms with Gasteiger partial charge >= 0.3 is 0 Å². The van der Waals surface area contributed by atoms with Gasteiger partial charge in [0.15, 0.2) is 0 Å². The normalized spacial score (nSPS) is 10.6. The van der Waals surface area contributed by atoms with Crippen molar-refractivity contribution < 1.29 is 4.74 Å². The van der Waals surface area contributed by atoms with Crippen LogP contribution in [0.3, 0.4) is 0 Å². The second-order valence-electron chi connectivity index (χ2n) is 4.02. The molecule has 1 heterocycles. The zero-order valence-electron chi connectivity index (χ0n) is 10.8. The van der Waals surface area contributed by atoms with Gasteiger partial charge in [-0.25, -0.2) is 4.98 Å². The van der Waals surface area contributed by atoms with Gasteiger partial charge in [-0.3, -0.25) is 0 Å². The molecule has 0 radical (unpaired) electrons. The van der Waals surface area contributed by atoms with Gasteiger partial charge in [-0.05, 0) is 31.7 Å². The minimum atomic E-state index is 0.708. The Kier molecular flexibility index (Phi) is 4.73. The van der Waals surface area contributed by atoms with Crippen LogP contribution in [0.15, 0.2) is 29.6 Å². The Hall–Kier alpha value is -1.39. The number of hydrogen-bond donors (Lipinski definition) is 1. The van der Waals surface area contributed by atoms with Gasteiger partial charge in [-0.1, -0.05) is 12.1 Å². The summed E-state index contributed by atoms with van der Waals surface area (Å²) in [5.41, 5.74) is 2.38. The summed E-state index contributed by atoms with van der Waals surface area (Å²) in [6.07, 6.45) is 0.890. The maximum atomic E-state index is 5.43. The maximum Gasteiger partial charge on any atom is 0.119 e. The molecule has 0 aliphatic heterocycles. The summed E-state index contributed by atoms with van der Waals surface area (Å²) in [7, 11) is 1.94. The third-order valence-electron chi connectivity index (χ3n) is 2.55. The first-order valence-corrected chi connectivity index (χ1v) is 6.99. The molecule has 1 aromatic carbocycles. The minimum absolute atomic E-state index is 0.708. The van der Waals surface area contributed by atoms with E-state index in [1.165, 1.54) is 5.56 Å². The molecular weight excluding hydrogens is 244 g/mol. The number of ether oxygens (including phenoxy) is 1. The highest BCUT2D eigenvalue weighted by Crippen LogP contribution is 2.17. The van der Waals surface area contributed by atoms with Crippen LogP contribution in [0.5, 0.6) is 5.75 Å². The first kappa shape index (κ1) is 13.1. The van der Waals surface area contributed by atoms with Crippen molar-refractivity contribution in [2.75, 3.05) is 13.7 Å². The zero-order chi connectivity index (χ0) is 12.8. The fourth-order valence-electron chi connectivity index (χ4n) is 1.74. The summed E-state index contributed by atoms with van der Waals surface area (Å²) in [4.78, 5) is 4.58. The Morgan fingerprint density at radius 3 is 2.72 bits per heavy atom. The summed E-state index contributed by atoms with van der Waals surface area (Å²) in [5, 5.41) is 6.38. The summed E-state index contributed by atoms with van der Waals surface area (Å²) < 4.78 is 5.43. The molecule has 0 unspecified atom stereocenters. The summed E-state index contributed by atoms with van der Waals surface area (Å²) in [5.74, 6) is 0.927. The number of nitrogens with one attached hydrogen (secondary N) is 1. The molecule has 2 rings (SSSR count). The predicted molar refractivity (Wildman–Crippen MR) is 75.3 cm³/mol. The molecule has 0 fully saturated rings. The lowest BCUT2D eigenvalue weighted by molar-refractivity contribution is 0.340. The van der Waals surface area contributed by atoms with E-state index in [4.69, 9.17) is 4.74 Å². The molecular formula is C14H18N2OS. The topological polar surface area (TPSA) is 34.1 Å². The lowest BCUT2D eigenvalue weighted by atomic mass is 10.1. The maximum absolute atomic E-state index is 5.43. The Bertz CT molecular complexity index is 479. The number of nitrogens with zero attached hydrogens (tertiary/aromatic N) is 1. The third kappa shape index (κ3) is 3.55. The van der Waals surface area contributed by atoms with Crippen LogP contribution in [0.1, 0.15) is 23.2 Å². The molecule has 0 amide bonds. The molecule has 0 bridgehead atoms. The van der Waals surface area contributed by atoms with Gasteiger partial charge in [0.05, 0.1) is 17.3 Å². The zero-order valence-corrected chi connectivity index (χ0v) is 11.6. The molecule has 18 heavy (non-hydrogen) atoms. The van der Waals surface area contributed by atoms with Crippen molar-refractivity contribution in [3.63, 3.8) is 0 Å². The lowest BCUT2D eigenvalue weighted by Gasteiger charge is -2.03. The van der Waals surface area contributed by atoms with E-state index in [9.17, 15) is 0 Å². The average molecular weight is 262 g/mol. The molecule has 4 heteroatoms. The van der Waals surface area contributed by atoms with E-state index >= 15 is 0 Å². The summed E-state index contributed by atoms with van der Waals surface area (Å²) in [6.45, 7) is 3.53. The van der Waals surface area contributed by atoms with Gasteiger partial charge in [0.2, 0.25) is 0 Å². The standard InChI is InChI=1S/C14H18N2OS/c1-3-17-13-6-4-11(5-7-13)8-14-16-12(9-15-2)10-18-14/h4-7,10,15H,3,8-9H2,1-2H3. The highest BCUT2D eigenvalue weighted by molar-refractivity contribution is 7.09. The second kappa shape index (κ2) is 6.52. The van der Waals surface area contributed by atoms with Crippen molar-refractivity contribution >= 4 is 11.3 Å². The lowest BCUT2D eigenvalue weighted by Crippen LogP contribution is -2.05. The van der Waals surface area contributed by atoms with Crippen LogP contribution < -0.4 is 10.1 Å². The fourth-order valence-corrected chi connectivity index (χ4v) is 2.57. The Labute approximate surface area is 112 Å². The molecule has 0 aliphatic carbocycles. The molecule has 3 nitrogen and oxygen atoms in total. The highest BCUT2D eigenvalue weighted by atomic mass is 32.1. The number of aromatic nitrogens is 1. The highest BCUT2D eigenvalue weighted by Gasteiger charge is 2.03. The van der Waals surface area contributed by atoms with Crippen molar-refractivity contribution in [1.82, 2.24) is 10.3 Å². The van der Waals surface area contributed by atoms with Crippen molar-refractivity contribution in [1.29, 1.82) is 0 Å². The van der Waals surface area contributed by atoms with Gasteiger partial charge in [0.1, 0.15) is 5.75 Å². The number of rotatable bonds is 6.